The van der Waals surface area contributed by atoms with Crippen LogP contribution >= 0.6 is 0 Å². The van der Waals surface area contributed by atoms with Gasteiger partial charge in [0.05, 0.1) is 0 Å². The van der Waals surface area contributed by atoms with E-state index in [4.69, 9.17) is 0 Å². The van der Waals surface area contributed by atoms with Crippen LogP contribution < -0.4 is 0 Å². The predicted molar refractivity (Wildman–Crippen MR) is 57.6 cm³/mol. The lowest BCUT2D eigenvalue weighted by molar-refractivity contribution is 0.0946. The topological polar surface area (TPSA) is 17.1 Å². The van der Waals surface area contributed by atoms with Crippen molar-refractivity contribution < 1.29 is 4.79 Å². The zero-order valence-corrected chi connectivity index (χ0v) is 8.84. The van der Waals surface area contributed by atoms with Crippen LogP contribution in [-0.4, -0.2) is 5.78 Å². The van der Waals surface area contributed by atoms with Crippen molar-refractivity contribution in [1.82, 2.24) is 0 Å². The lowest BCUT2D eigenvalue weighted by Gasteiger charge is -2.05. The van der Waals surface area contributed by atoms with Crippen LogP contribution in [0, 0.1) is 5.92 Å². The van der Waals surface area contributed by atoms with E-state index in [1.54, 1.807) is 0 Å². The molecular formula is C13H16O. The molecule has 0 amide bonds. The standard InChI is InChI=1S/C13H16O/c1-3-5-10-6-4-7-11-12(10)8-9(2)13(11)14/h4,6-7,9H,3,5,8H2,1-2H3. The fourth-order valence-electron chi connectivity index (χ4n) is 2.27. The summed E-state index contributed by atoms with van der Waals surface area (Å²) in [5.74, 6) is 0.529. The first kappa shape index (κ1) is 9.45. The summed E-state index contributed by atoms with van der Waals surface area (Å²) in [6, 6.07) is 6.15. The van der Waals surface area contributed by atoms with Crippen molar-refractivity contribution >= 4 is 5.78 Å². The Labute approximate surface area is 85.1 Å². The molecule has 1 unspecified atom stereocenters. The van der Waals surface area contributed by atoms with E-state index in [0.717, 1.165) is 24.8 Å². The Morgan fingerprint density at radius 3 is 2.93 bits per heavy atom. The van der Waals surface area contributed by atoms with Crippen LogP contribution in [-0.2, 0) is 12.8 Å². The summed E-state index contributed by atoms with van der Waals surface area (Å²) in [6.45, 7) is 4.21. The molecule has 74 valence electrons. The van der Waals surface area contributed by atoms with Crippen LogP contribution in [0.3, 0.4) is 0 Å². The van der Waals surface area contributed by atoms with Gasteiger partial charge in [-0.25, -0.2) is 0 Å². The van der Waals surface area contributed by atoms with E-state index in [-0.39, 0.29) is 5.92 Å². The molecular weight excluding hydrogens is 172 g/mol. The summed E-state index contributed by atoms with van der Waals surface area (Å²) in [6.07, 6.45) is 3.20. The number of benzene rings is 1. The maximum atomic E-state index is 11.8. The highest BCUT2D eigenvalue weighted by Crippen LogP contribution is 2.29. The summed E-state index contributed by atoms with van der Waals surface area (Å²) in [4.78, 5) is 11.8. The van der Waals surface area contributed by atoms with Gasteiger partial charge in [0.15, 0.2) is 5.78 Å². The molecule has 1 atom stereocenters. The molecule has 1 nitrogen and oxygen atoms in total. The lowest BCUT2D eigenvalue weighted by Crippen LogP contribution is -2.02. The second-order valence-electron chi connectivity index (χ2n) is 4.16. The van der Waals surface area contributed by atoms with Gasteiger partial charge in [-0.05, 0) is 24.0 Å². The molecule has 0 bridgehead atoms. The van der Waals surface area contributed by atoms with Crippen LogP contribution in [0.5, 0.6) is 0 Å². The smallest absolute Gasteiger partial charge is 0.166 e. The molecule has 14 heavy (non-hydrogen) atoms. The molecule has 0 saturated heterocycles. The third-order valence-electron chi connectivity index (χ3n) is 3.02. The highest BCUT2D eigenvalue weighted by atomic mass is 16.1. The molecule has 0 aromatic heterocycles. The van der Waals surface area contributed by atoms with Gasteiger partial charge < -0.3 is 0 Å². The summed E-state index contributed by atoms with van der Waals surface area (Å²) in [5.41, 5.74) is 3.66. The SMILES string of the molecule is CCCc1cccc2c1CC(C)C2=O. The molecule has 1 aromatic carbocycles. The van der Waals surface area contributed by atoms with E-state index in [0.29, 0.717) is 5.78 Å². The molecule has 1 aliphatic rings. The number of hydrogen-bond donors (Lipinski definition) is 0. The molecule has 0 aliphatic heterocycles. The first-order chi connectivity index (χ1) is 6.74. The molecule has 2 rings (SSSR count). The second kappa shape index (κ2) is 3.56. The van der Waals surface area contributed by atoms with Gasteiger partial charge in [-0.15, -0.1) is 0 Å². The Bertz CT molecular complexity index is 365. The molecule has 0 spiro atoms. The molecule has 1 aliphatic carbocycles. The highest BCUT2D eigenvalue weighted by Gasteiger charge is 2.27. The minimum atomic E-state index is 0.197. The van der Waals surface area contributed by atoms with Crippen LogP contribution in [0.15, 0.2) is 18.2 Å². The fraction of sp³-hybridized carbons (Fsp3) is 0.462. The van der Waals surface area contributed by atoms with E-state index in [1.807, 2.05) is 19.1 Å². The summed E-state index contributed by atoms with van der Waals surface area (Å²) >= 11 is 0. The molecule has 1 heteroatoms. The Morgan fingerprint density at radius 1 is 1.43 bits per heavy atom. The van der Waals surface area contributed by atoms with Crippen molar-refractivity contribution in [2.45, 2.75) is 33.1 Å². The Balaban J connectivity index is 2.45. The maximum absolute atomic E-state index is 11.8. The zero-order valence-electron chi connectivity index (χ0n) is 8.84. The third-order valence-corrected chi connectivity index (χ3v) is 3.02. The van der Waals surface area contributed by atoms with Crippen LogP contribution in [0.25, 0.3) is 0 Å². The minimum absolute atomic E-state index is 0.197. The highest BCUT2D eigenvalue weighted by molar-refractivity contribution is 6.02. The van der Waals surface area contributed by atoms with Crippen molar-refractivity contribution in [3.05, 3.63) is 34.9 Å². The number of hydrogen-bond acceptors (Lipinski definition) is 1. The van der Waals surface area contributed by atoms with Crippen LogP contribution in [0.2, 0.25) is 0 Å². The van der Waals surface area contributed by atoms with Crippen molar-refractivity contribution in [3.63, 3.8) is 0 Å². The fourth-order valence-corrected chi connectivity index (χ4v) is 2.27. The van der Waals surface area contributed by atoms with E-state index < -0.39 is 0 Å². The minimum Gasteiger partial charge on any atom is -0.294 e. The van der Waals surface area contributed by atoms with Gasteiger partial charge in [0.1, 0.15) is 0 Å². The number of aryl methyl sites for hydroxylation is 1. The Morgan fingerprint density at radius 2 is 2.21 bits per heavy atom. The predicted octanol–water partition coefficient (Wildman–Crippen LogP) is 3.01. The summed E-state index contributed by atoms with van der Waals surface area (Å²) in [5, 5.41) is 0. The molecule has 1 aromatic rings. The van der Waals surface area contributed by atoms with Gasteiger partial charge in [-0.3, -0.25) is 4.79 Å². The van der Waals surface area contributed by atoms with Gasteiger partial charge in [0.2, 0.25) is 0 Å². The van der Waals surface area contributed by atoms with Crippen LogP contribution in [0.4, 0.5) is 0 Å². The number of carbonyl (C=O) groups is 1. The van der Waals surface area contributed by atoms with Crippen molar-refractivity contribution in [2.24, 2.45) is 5.92 Å². The Kier molecular flexibility index (Phi) is 2.40. The molecule has 0 saturated carbocycles. The van der Waals surface area contributed by atoms with Gasteiger partial charge >= 0.3 is 0 Å². The maximum Gasteiger partial charge on any atom is 0.166 e. The van der Waals surface area contributed by atoms with Crippen LogP contribution in [0.1, 0.15) is 41.8 Å². The average Bonchev–Trinajstić information content (AvgIpc) is 2.46. The van der Waals surface area contributed by atoms with Crippen molar-refractivity contribution in [3.8, 4) is 0 Å². The molecule has 0 N–H and O–H groups in total. The summed E-state index contributed by atoms with van der Waals surface area (Å²) in [7, 11) is 0. The Hall–Kier alpha value is -1.11. The van der Waals surface area contributed by atoms with E-state index in [9.17, 15) is 4.79 Å². The van der Waals surface area contributed by atoms with Crippen molar-refractivity contribution in [2.75, 3.05) is 0 Å². The summed E-state index contributed by atoms with van der Waals surface area (Å²) < 4.78 is 0. The number of rotatable bonds is 2. The van der Waals surface area contributed by atoms with Gasteiger partial charge in [0, 0.05) is 11.5 Å². The number of carbonyl (C=O) groups excluding carboxylic acids is 1. The van der Waals surface area contributed by atoms with E-state index in [2.05, 4.69) is 13.0 Å². The second-order valence-corrected chi connectivity index (χ2v) is 4.16. The lowest BCUT2D eigenvalue weighted by atomic mass is 10.00. The van der Waals surface area contributed by atoms with E-state index in [1.165, 1.54) is 11.1 Å². The number of ketones is 1. The van der Waals surface area contributed by atoms with Gasteiger partial charge in [-0.2, -0.15) is 0 Å². The quantitative estimate of drug-likeness (QED) is 0.697. The van der Waals surface area contributed by atoms with E-state index >= 15 is 0 Å². The largest absolute Gasteiger partial charge is 0.294 e. The average molecular weight is 188 g/mol. The monoisotopic (exact) mass is 188 g/mol. The first-order valence-electron chi connectivity index (χ1n) is 5.39. The molecule has 0 heterocycles. The van der Waals surface area contributed by atoms with Gasteiger partial charge in [-0.1, -0.05) is 38.5 Å². The number of Topliss-reactive ketones (excluding diaryl/α,β-unsaturated/α-hetero) is 1. The number of fused-ring (bicyclic) bond motifs is 1. The van der Waals surface area contributed by atoms with Gasteiger partial charge in [0.25, 0.3) is 0 Å². The third kappa shape index (κ3) is 1.37. The molecule has 0 radical (unpaired) electrons. The normalized spacial score (nSPS) is 19.9. The zero-order chi connectivity index (χ0) is 10.1. The molecule has 0 fully saturated rings. The first-order valence-corrected chi connectivity index (χ1v) is 5.39. The van der Waals surface area contributed by atoms with Crippen molar-refractivity contribution in [1.29, 1.82) is 0 Å².